The van der Waals surface area contributed by atoms with Crippen LogP contribution in [0.1, 0.15) is 24.2 Å². The highest BCUT2D eigenvalue weighted by atomic mass is 16.4. The quantitative estimate of drug-likeness (QED) is 0.562. The van der Waals surface area contributed by atoms with Crippen molar-refractivity contribution in [1.29, 1.82) is 0 Å². The number of nitrogens with one attached hydrogen (secondary N) is 1. The molecule has 0 bridgehead atoms. The fraction of sp³-hybridized carbons (Fsp3) is 0.300. The predicted molar refractivity (Wildman–Crippen MR) is 55.3 cm³/mol. The van der Waals surface area contributed by atoms with E-state index in [1.165, 1.54) is 0 Å². The number of rotatable bonds is 1. The summed E-state index contributed by atoms with van der Waals surface area (Å²) >= 11 is 0. The van der Waals surface area contributed by atoms with E-state index in [2.05, 4.69) is 20.6 Å². The normalized spacial score (nSPS) is 17.6. The van der Waals surface area contributed by atoms with Gasteiger partial charge in [0.2, 0.25) is 0 Å². The zero-order valence-electron chi connectivity index (χ0n) is 8.47. The fourth-order valence-electron chi connectivity index (χ4n) is 1.96. The molecular weight excluding hydrogens is 208 g/mol. The Kier molecular flexibility index (Phi) is 1.99. The first-order chi connectivity index (χ1) is 7.88. The summed E-state index contributed by atoms with van der Waals surface area (Å²) in [5, 5.41) is 22.4. The third kappa shape index (κ3) is 1.30. The Morgan fingerprint density at radius 3 is 3.12 bits per heavy atom. The highest BCUT2D eigenvalue weighted by Crippen LogP contribution is 2.29. The van der Waals surface area contributed by atoms with E-state index in [1.54, 1.807) is 6.20 Å². The summed E-state index contributed by atoms with van der Waals surface area (Å²) in [5.41, 5.74) is 2.22. The molecule has 2 aromatic rings. The number of nitrogens with zero attached hydrogens (tertiary/aromatic N) is 3. The molecule has 0 aliphatic heterocycles. The molecule has 16 heavy (non-hydrogen) atoms. The Hall–Kier alpha value is -2.11. The number of hydrogen-bond acceptors (Lipinski definition) is 5. The predicted octanol–water partition coefficient (Wildman–Crippen LogP) is 1.58. The number of oxime groups is 1. The van der Waals surface area contributed by atoms with Gasteiger partial charge in [-0.15, -0.1) is 0 Å². The van der Waals surface area contributed by atoms with Crippen LogP contribution in [0.5, 0.6) is 0 Å². The van der Waals surface area contributed by atoms with Crippen LogP contribution in [0.25, 0.3) is 11.5 Å². The standard InChI is InChI=1S/C10H10N4O2/c15-13-7-2-1-3-9-6(7)4-10(16-9)8-5-11-14-12-8/h4-5,15H,1-3H2,(H,11,12,14). The summed E-state index contributed by atoms with van der Waals surface area (Å²) in [7, 11) is 0. The minimum atomic E-state index is 0.654. The molecule has 2 aromatic heterocycles. The first-order valence-electron chi connectivity index (χ1n) is 5.08. The van der Waals surface area contributed by atoms with Gasteiger partial charge in [0.05, 0.1) is 11.9 Å². The Labute approximate surface area is 91.0 Å². The molecule has 6 heteroatoms. The van der Waals surface area contributed by atoms with Crippen LogP contribution >= 0.6 is 0 Å². The Morgan fingerprint density at radius 1 is 1.44 bits per heavy atom. The Balaban J connectivity index is 2.09. The molecule has 82 valence electrons. The van der Waals surface area contributed by atoms with Crippen LogP contribution in [0.2, 0.25) is 0 Å². The minimum Gasteiger partial charge on any atom is -0.459 e. The van der Waals surface area contributed by atoms with Crippen molar-refractivity contribution in [1.82, 2.24) is 15.4 Å². The highest BCUT2D eigenvalue weighted by Gasteiger charge is 2.22. The zero-order valence-corrected chi connectivity index (χ0v) is 8.47. The van der Waals surface area contributed by atoms with Gasteiger partial charge < -0.3 is 9.62 Å². The lowest BCUT2D eigenvalue weighted by molar-refractivity contribution is 0.317. The summed E-state index contributed by atoms with van der Waals surface area (Å²) in [4.78, 5) is 0. The second kappa shape index (κ2) is 3.48. The largest absolute Gasteiger partial charge is 0.459 e. The summed E-state index contributed by atoms with van der Waals surface area (Å²) < 4.78 is 5.67. The average molecular weight is 218 g/mol. The van der Waals surface area contributed by atoms with Gasteiger partial charge in [-0.1, -0.05) is 5.16 Å². The summed E-state index contributed by atoms with van der Waals surface area (Å²) in [6.07, 6.45) is 4.19. The molecule has 0 spiro atoms. The minimum absolute atomic E-state index is 0.654. The number of furan rings is 1. The van der Waals surface area contributed by atoms with Crippen LogP contribution in [-0.2, 0) is 6.42 Å². The molecule has 1 aliphatic carbocycles. The van der Waals surface area contributed by atoms with E-state index in [1.807, 2.05) is 6.07 Å². The maximum absolute atomic E-state index is 8.89. The fourth-order valence-corrected chi connectivity index (χ4v) is 1.96. The van der Waals surface area contributed by atoms with E-state index in [4.69, 9.17) is 9.62 Å². The van der Waals surface area contributed by atoms with Gasteiger partial charge in [0.1, 0.15) is 11.5 Å². The number of fused-ring (bicyclic) bond motifs is 1. The zero-order chi connectivity index (χ0) is 11.0. The smallest absolute Gasteiger partial charge is 0.156 e. The monoisotopic (exact) mass is 218 g/mol. The van der Waals surface area contributed by atoms with Gasteiger partial charge in [-0.25, -0.2) is 0 Å². The van der Waals surface area contributed by atoms with E-state index in [0.717, 1.165) is 30.6 Å². The second-order valence-electron chi connectivity index (χ2n) is 3.70. The lowest BCUT2D eigenvalue weighted by Gasteiger charge is -2.09. The van der Waals surface area contributed by atoms with Crippen LogP contribution < -0.4 is 0 Å². The van der Waals surface area contributed by atoms with E-state index >= 15 is 0 Å². The van der Waals surface area contributed by atoms with Crippen molar-refractivity contribution < 1.29 is 9.62 Å². The molecule has 6 nitrogen and oxygen atoms in total. The molecule has 0 unspecified atom stereocenters. The third-order valence-electron chi connectivity index (χ3n) is 2.73. The SMILES string of the molecule is ON=C1CCCc2oc(-c3cn[nH]n3)cc21. The summed E-state index contributed by atoms with van der Waals surface area (Å²) in [5.74, 6) is 1.51. The lowest BCUT2D eigenvalue weighted by Crippen LogP contribution is -2.09. The van der Waals surface area contributed by atoms with Crippen molar-refractivity contribution in [2.24, 2.45) is 5.16 Å². The molecule has 2 N–H and O–H groups in total. The molecule has 0 aromatic carbocycles. The van der Waals surface area contributed by atoms with Crippen molar-refractivity contribution in [2.75, 3.05) is 0 Å². The van der Waals surface area contributed by atoms with E-state index in [9.17, 15) is 0 Å². The number of aromatic amines is 1. The van der Waals surface area contributed by atoms with Gasteiger partial charge in [-0.05, 0) is 18.9 Å². The van der Waals surface area contributed by atoms with E-state index < -0.39 is 0 Å². The van der Waals surface area contributed by atoms with Crippen LogP contribution in [0.15, 0.2) is 21.8 Å². The van der Waals surface area contributed by atoms with Gasteiger partial charge in [0.15, 0.2) is 5.76 Å². The van der Waals surface area contributed by atoms with Crippen molar-refractivity contribution >= 4 is 5.71 Å². The number of aryl methyl sites for hydroxylation is 1. The molecule has 2 heterocycles. The van der Waals surface area contributed by atoms with Crippen molar-refractivity contribution in [3.05, 3.63) is 23.6 Å². The highest BCUT2D eigenvalue weighted by molar-refractivity contribution is 6.02. The first-order valence-corrected chi connectivity index (χ1v) is 5.08. The molecular formula is C10H10N4O2. The topological polar surface area (TPSA) is 87.3 Å². The molecule has 0 fully saturated rings. The van der Waals surface area contributed by atoms with Gasteiger partial charge in [0, 0.05) is 12.0 Å². The molecule has 0 saturated carbocycles. The van der Waals surface area contributed by atoms with E-state index in [-0.39, 0.29) is 0 Å². The van der Waals surface area contributed by atoms with Crippen molar-refractivity contribution in [2.45, 2.75) is 19.3 Å². The maximum atomic E-state index is 8.89. The third-order valence-corrected chi connectivity index (χ3v) is 2.73. The molecule has 0 saturated heterocycles. The van der Waals surface area contributed by atoms with Crippen LogP contribution in [-0.4, -0.2) is 26.3 Å². The summed E-state index contributed by atoms with van der Waals surface area (Å²) in [6.45, 7) is 0. The molecule has 0 atom stereocenters. The van der Waals surface area contributed by atoms with Crippen LogP contribution in [0.3, 0.4) is 0 Å². The first kappa shape index (κ1) is 9.14. The average Bonchev–Trinajstić information content (AvgIpc) is 2.96. The number of aromatic nitrogens is 3. The molecule has 0 amide bonds. The van der Waals surface area contributed by atoms with Crippen LogP contribution in [0.4, 0.5) is 0 Å². The van der Waals surface area contributed by atoms with Crippen molar-refractivity contribution in [3.8, 4) is 11.5 Å². The van der Waals surface area contributed by atoms with E-state index in [0.29, 0.717) is 17.2 Å². The van der Waals surface area contributed by atoms with Crippen molar-refractivity contribution in [3.63, 3.8) is 0 Å². The molecule has 3 rings (SSSR count). The second-order valence-corrected chi connectivity index (χ2v) is 3.70. The van der Waals surface area contributed by atoms with Crippen LogP contribution in [0, 0.1) is 0 Å². The number of H-pyrrole nitrogens is 1. The maximum Gasteiger partial charge on any atom is 0.156 e. The van der Waals surface area contributed by atoms with Gasteiger partial charge in [-0.3, -0.25) is 0 Å². The Bertz CT molecular complexity index is 527. The molecule has 1 aliphatic rings. The number of hydrogen-bond donors (Lipinski definition) is 2. The lowest BCUT2D eigenvalue weighted by atomic mass is 9.96. The van der Waals surface area contributed by atoms with Gasteiger partial charge in [-0.2, -0.15) is 15.4 Å². The van der Waals surface area contributed by atoms with Gasteiger partial charge in [0.25, 0.3) is 0 Å². The Morgan fingerprint density at radius 2 is 2.38 bits per heavy atom. The van der Waals surface area contributed by atoms with Gasteiger partial charge >= 0.3 is 0 Å². The molecule has 0 radical (unpaired) electrons. The summed E-state index contributed by atoms with van der Waals surface area (Å²) in [6, 6.07) is 1.85.